The Morgan fingerprint density at radius 2 is 2.25 bits per heavy atom. The number of halogens is 1. The average molecular weight is 242 g/mol. The van der Waals surface area contributed by atoms with Crippen molar-refractivity contribution >= 4 is 11.6 Å². The van der Waals surface area contributed by atoms with Gasteiger partial charge in [0.25, 0.3) is 0 Å². The summed E-state index contributed by atoms with van der Waals surface area (Å²) in [6.45, 7) is 5.32. The van der Waals surface area contributed by atoms with Gasteiger partial charge in [0.15, 0.2) is 0 Å². The zero-order valence-corrected chi connectivity index (χ0v) is 10.6. The van der Waals surface area contributed by atoms with Crippen LogP contribution in [0.15, 0.2) is 0 Å². The largest absolute Gasteiger partial charge is 0.378 e. The predicted octanol–water partition coefficient (Wildman–Crippen LogP) is 2.60. The molecule has 1 aromatic heterocycles. The number of aromatic nitrogens is 2. The average Bonchev–Trinajstić information content (AvgIpc) is 2.52. The zero-order valence-electron chi connectivity index (χ0n) is 9.83. The van der Waals surface area contributed by atoms with Gasteiger partial charge in [0.1, 0.15) is 22.5 Å². The van der Waals surface area contributed by atoms with Crippen LogP contribution in [0, 0.1) is 17.2 Å². The molecule has 0 unspecified atom stereocenters. The first-order valence-electron chi connectivity index (χ1n) is 5.24. The highest BCUT2D eigenvalue weighted by molar-refractivity contribution is 6.30. The molecule has 0 fully saturated rings. The molecule has 0 aromatic carbocycles. The van der Waals surface area contributed by atoms with Crippen molar-refractivity contribution in [3.63, 3.8) is 0 Å². The van der Waals surface area contributed by atoms with Gasteiger partial charge in [0.05, 0.1) is 6.61 Å². The number of aryl methyl sites for hydroxylation is 1. The van der Waals surface area contributed by atoms with E-state index in [1.807, 2.05) is 0 Å². The van der Waals surface area contributed by atoms with Gasteiger partial charge < -0.3 is 4.74 Å². The highest BCUT2D eigenvalue weighted by Gasteiger charge is 2.15. The number of nitriles is 1. The minimum Gasteiger partial charge on any atom is -0.378 e. The van der Waals surface area contributed by atoms with Gasteiger partial charge in [-0.05, 0) is 12.3 Å². The number of hydrogen-bond acceptors (Lipinski definition) is 3. The van der Waals surface area contributed by atoms with Gasteiger partial charge in [0.2, 0.25) is 0 Å². The molecule has 16 heavy (non-hydrogen) atoms. The van der Waals surface area contributed by atoms with Crippen LogP contribution in [0.3, 0.4) is 0 Å². The van der Waals surface area contributed by atoms with Gasteiger partial charge in [-0.15, -0.1) is 0 Å². The fraction of sp³-hybridized carbons (Fsp3) is 0.636. The smallest absolute Gasteiger partial charge is 0.145 e. The van der Waals surface area contributed by atoms with Gasteiger partial charge in [-0.1, -0.05) is 25.4 Å². The molecule has 5 heteroatoms. The highest BCUT2D eigenvalue weighted by Crippen LogP contribution is 2.20. The van der Waals surface area contributed by atoms with Crippen LogP contribution in [0.1, 0.15) is 31.5 Å². The van der Waals surface area contributed by atoms with Crippen LogP contribution >= 0.6 is 11.6 Å². The highest BCUT2D eigenvalue weighted by atomic mass is 35.5. The molecule has 1 aromatic rings. The standard InChI is InChI=1S/C11H16ClN3O/c1-8(2)4-5-15-11(12)9(6-13)10(14-15)7-16-3/h8H,4-5,7H2,1-3H3. The van der Waals surface area contributed by atoms with Gasteiger partial charge in [0, 0.05) is 13.7 Å². The molecule has 0 saturated heterocycles. The molecule has 0 amide bonds. The van der Waals surface area contributed by atoms with Crippen molar-refractivity contribution in [3.05, 3.63) is 16.4 Å². The minimum atomic E-state index is 0.317. The van der Waals surface area contributed by atoms with Crippen molar-refractivity contribution in [3.8, 4) is 6.07 Å². The van der Waals surface area contributed by atoms with Crippen LogP contribution in [0.4, 0.5) is 0 Å². The van der Waals surface area contributed by atoms with E-state index < -0.39 is 0 Å². The molecular weight excluding hydrogens is 226 g/mol. The van der Waals surface area contributed by atoms with E-state index in [0.717, 1.165) is 13.0 Å². The molecule has 0 N–H and O–H groups in total. The van der Waals surface area contributed by atoms with Crippen LogP contribution in [0.25, 0.3) is 0 Å². The number of hydrogen-bond donors (Lipinski definition) is 0. The van der Waals surface area contributed by atoms with Crippen LogP contribution in [-0.2, 0) is 17.9 Å². The molecule has 0 atom stereocenters. The van der Waals surface area contributed by atoms with Gasteiger partial charge in [-0.25, -0.2) is 0 Å². The Bertz CT molecular complexity index is 393. The summed E-state index contributed by atoms with van der Waals surface area (Å²) in [7, 11) is 1.57. The fourth-order valence-electron chi connectivity index (χ4n) is 1.36. The van der Waals surface area contributed by atoms with Crippen molar-refractivity contribution in [2.75, 3.05) is 7.11 Å². The van der Waals surface area contributed by atoms with E-state index in [0.29, 0.717) is 28.9 Å². The first kappa shape index (κ1) is 13.0. The molecule has 1 heterocycles. The first-order valence-corrected chi connectivity index (χ1v) is 5.62. The molecule has 4 nitrogen and oxygen atoms in total. The second-order valence-corrected chi connectivity index (χ2v) is 4.42. The molecule has 0 aliphatic carbocycles. The maximum Gasteiger partial charge on any atom is 0.145 e. The summed E-state index contributed by atoms with van der Waals surface area (Å²) >= 11 is 6.07. The van der Waals surface area contributed by atoms with Crippen LogP contribution in [0.2, 0.25) is 5.15 Å². The van der Waals surface area contributed by atoms with E-state index in [2.05, 4.69) is 25.0 Å². The summed E-state index contributed by atoms with van der Waals surface area (Å²) in [5.41, 5.74) is 1.03. The first-order chi connectivity index (χ1) is 7.60. The van der Waals surface area contributed by atoms with E-state index in [9.17, 15) is 0 Å². The Kier molecular flexibility index (Phi) is 4.78. The van der Waals surface area contributed by atoms with E-state index in [-0.39, 0.29) is 0 Å². The monoisotopic (exact) mass is 241 g/mol. The fourth-order valence-corrected chi connectivity index (χ4v) is 1.64. The molecule has 0 radical (unpaired) electrons. The summed E-state index contributed by atoms with van der Waals surface area (Å²) in [6.07, 6.45) is 0.985. The van der Waals surface area contributed by atoms with Crippen LogP contribution in [0.5, 0.6) is 0 Å². The van der Waals surface area contributed by atoms with Crippen LogP contribution in [-0.4, -0.2) is 16.9 Å². The van der Waals surface area contributed by atoms with E-state index >= 15 is 0 Å². The zero-order chi connectivity index (χ0) is 12.1. The maximum atomic E-state index is 8.97. The molecule has 1 rings (SSSR count). The van der Waals surface area contributed by atoms with Crippen molar-refractivity contribution in [1.82, 2.24) is 9.78 Å². The predicted molar refractivity (Wildman–Crippen MR) is 62.1 cm³/mol. The summed E-state index contributed by atoms with van der Waals surface area (Å²) in [5, 5.41) is 13.7. The Labute approximate surface area is 101 Å². The van der Waals surface area contributed by atoms with Crippen molar-refractivity contribution in [1.29, 1.82) is 5.26 Å². The molecule has 0 bridgehead atoms. The topological polar surface area (TPSA) is 50.8 Å². The quantitative estimate of drug-likeness (QED) is 0.796. The number of ether oxygens (including phenoxy) is 1. The van der Waals surface area contributed by atoms with E-state index in [1.165, 1.54) is 0 Å². The third kappa shape index (κ3) is 2.97. The molecular formula is C11H16ClN3O. The normalized spacial score (nSPS) is 10.8. The Hall–Kier alpha value is -1.05. The van der Waals surface area contributed by atoms with Crippen molar-refractivity contribution in [2.24, 2.45) is 5.92 Å². The number of rotatable bonds is 5. The lowest BCUT2D eigenvalue weighted by molar-refractivity contribution is 0.180. The molecule has 0 aliphatic rings. The van der Waals surface area contributed by atoms with Gasteiger partial charge >= 0.3 is 0 Å². The number of nitrogens with zero attached hydrogens (tertiary/aromatic N) is 3. The summed E-state index contributed by atoms with van der Waals surface area (Å²) in [6, 6.07) is 2.06. The minimum absolute atomic E-state index is 0.317. The van der Waals surface area contributed by atoms with E-state index in [4.69, 9.17) is 21.6 Å². The molecule has 0 aliphatic heterocycles. The lowest BCUT2D eigenvalue weighted by Gasteiger charge is -2.05. The third-order valence-corrected chi connectivity index (χ3v) is 2.66. The van der Waals surface area contributed by atoms with Crippen LogP contribution < -0.4 is 0 Å². The lowest BCUT2D eigenvalue weighted by Crippen LogP contribution is -2.04. The Balaban J connectivity index is 2.90. The summed E-state index contributed by atoms with van der Waals surface area (Å²) in [4.78, 5) is 0. The lowest BCUT2D eigenvalue weighted by atomic mass is 10.1. The Morgan fingerprint density at radius 1 is 1.56 bits per heavy atom. The van der Waals surface area contributed by atoms with E-state index in [1.54, 1.807) is 11.8 Å². The van der Waals surface area contributed by atoms with Gasteiger partial charge in [-0.2, -0.15) is 10.4 Å². The third-order valence-electron chi connectivity index (χ3n) is 2.27. The van der Waals surface area contributed by atoms with Crippen molar-refractivity contribution in [2.45, 2.75) is 33.4 Å². The second kappa shape index (κ2) is 5.88. The maximum absolute atomic E-state index is 8.97. The summed E-state index contributed by atoms with van der Waals surface area (Å²) < 4.78 is 6.65. The second-order valence-electron chi connectivity index (χ2n) is 4.06. The SMILES string of the molecule is COCc1nn(CCC(C)C)c(Cl)c1C#N. The molecule has 0 spiro atoms. The Morgan fingerprint density at radius 3 is 2.75 bits per heavy atom. The molecule has 0 saturated carbocycles. The van der Waals surface area contributed by atoms with Crippen molar-refractivity contribution < 1.29 is 4.74 Å². The molecule has 88 valence electrons. The summed E-state index contributed by atoms with van der Waals surface area (Å²) in [5.74, 6) is 0.580. The van der Waals surface area contributed by atoms with Gasteiger partial charge in [-0.3, -0.25) is 4.68 Å². The number of methoxy groups -OCH3 is 1.